The van der Waals surface area contributed by atoms with Gasteiger partial charge >= 0.3 is 11.9 Å². The van der Waals surface area contributed by atoms with Crippen LogP contribution in [0.2, 0.25) is 0 Å². The molecule has 1 spiro atoms. The summed E-state index contributed by atoms with van der Waals surface area (Å²) in [5, 5.41) is 0. The first-order valence-corrected chi connectivity index (χ1v) is 11.8. The molecule has 1 saturated heterocycles. The number of allylic oxidation sites excluding steroid dienone is 4. The van der Waals surface area contributed by atoms with E-state index in [1.165, 1.54) is 11.6 Å². The summed E-state index contributed by atoms with van der Waals surface area (Å²) in [5.41, 5.74) is 2.78. The van der Waals surface area contributed by atoms with Gasteiger partial charge in [0, 0.05) is 6.42 Å². The second-order valence-corrected chi connectivity index (χ2v) is 10.5. The van der Waals surface area contributed by atoms with E-state index < -0.39 is 29.6 Å². The number of esters is 2. The number of hydrogen-bond acceptors (Lipinski definition) is 5. The minimum atomic E-state index is -1.04. The van der Waals surface area contributed by atoms with Crippen LogP contribution in [0.25, 0.3) is 0 Å². The van der Waals surface area contributed by atoms with Crippen molar-refractivity contribution in [3.05, 3.63) is 65.3 Å². The highest BCUT2D eigenvalue weighted by molar-refractivity contribution is 6.00. The second kappa shape index (κ2) is 10.1. The summed E-state index contributed by atoms with van der Waals surface area (Å²) in [6.45, 7) is 6.10. The Bertz CT molecular complexity index is 1040. The zero-order valence-corrected chi connectivity index (χ0v) is 21.1. The lowest BCUT2D eigenvalue weighted by molar-refractivity contribution is -0.140. The molecule has 0 radical (unpaired) electrons. The lowest BCUT2D eigenvalue weighted by Gasteiger charge is -2.34. The molecule has 1 aromatic rings. The zero-order valence-electron chi connectivity index (χ0n) is 21.1. The van der Waals surface area contributed by atoms with Crippen LogP contribution in [-0.2, 0) is 19.1 Å². The SMILES string of the molecule is CC(C)=CCC/C(C)=C/[C@H]1OC(=O)CC12C[C@H](OC(=O)c1ccc([N+](C)(C)C)cc1)C=CC2=O. The van der Waals surface area contributed by atoms with Crippen LogP contribution in [-0.4, -0.2) is 51.1 Å². The Morgan fingerprint density at radius 2 is 1.82 bits per heavy atom. The van der Waals surface area contributed by atoms with Crippen LogP contribution >= 0.6 is 0 Å². The molecule has 6 heteroatoms. The molecule has 1 heterocycles. The molecule has 3 atom stereocenters. The molecule has 6 nitrogen and oxygen atoms in total. The van der Waals surface area contributed by atoms with Gasteiger partial charge < -0.3 is 9.47 Å². The van der Waals surface area contributed by atoms with E-state index in [2.05, 4.69) is 41.1 Å². The normalized spacial score (nSPS) is 24.8. The van der Waals surface area contributed by atoms with E-state index in [4.69, 9.17) is 9.47 Å². The molecule has 1 aliphatic carbocycles. The molecule has 3 rings (SSSR count). The van der Waals surface area contributed by atoms with Gasteiger partial charge in [-0.15, -0.1) is 0 Å². The van der Waals surface area contributed by atoms with Gasteiger partial charge in [0.15, 0.2) is 5.78 Å². The Kier molecular flexibility index (Phi) is 7.61. The molecular formula is C28H36NO5+. The van der Waals surface area contributed by atoms with Crippen LogP contribution in [0.3, 0.4) is 0 Å². The molecule has 34 heavy (non-hydrogen) atoms. The van der Waals surface area contributed by atoms with E-state index >= 15 is 0 Å². The summed E-state index contributed by atoms with van der Waals surface area (Å²) in [4.78, 5) is 38.1. The topological polar surface area (TPSA) is 69.7 Å². The van der Waals surface area contributed by atoms with Crippen molar-refractivity contribution in [1.29, 1.82) is 0 Å². The largest absolute Gasteiger partial charge is 0.457 e. The van der Waals surface area contributed by atoms with E-state index in [9.17, 15) is 14.4 Å². The van der Waals surface area contributed by atoms with E-state index in [1.54, 1.807) is 18.2 Å². The fraction of sp³-hybridized carbons (Fsp3) is 0.464. The molecule has 0 aromatic heterocycles. The van der Waals surface area contributed by atoms with Gasteiger partial charge in [-0.05, 0) is 76.1 Å². The van der Waals surface area contributed by atoms with Crippen molar-refractivity contribution in [2.24, 2.45) is 5.41 Å². The Labute approximate surface area is 202 Å². The van der Waals surface area contributed by atoms with E-state index in [1.807, 2.05) is 25.1 Å². The Morgan fingerprint density at radius 1 is 1.15 bits per heavy atom. The van der Waals surface area contributed by atoms with Crippen LogP contribution in [0.4, 0.5) is 5.69 Å². The first-order chi connectivity index (χ1) is 15.9. The summed E-state index contributed by atoms with van der Waals surface area (Å²) < 4.78 is 12.0. The molecule has 1 aromatic carbocycles. The average molecular weight is 467 g/mol. The summed E-state index contributed by atoms with van der Waals surface area (Å²) in [6, 6.07) is 7.30. The quantitative estimate of drug-likeness (QED) is 0.324. The number of hydrogen-bond donors (Lipinski definition) is 0. The Morgan fingerprint density at radius 3 is 2.44 bits per heavy atom. The molecule has 0 amide bonds. The molecule has 182 valence electrons. The summed E-state index contributed by atoms with van der Waals surface area (Å²) in [7, 11) is 6.15. The first-order valence-electron chi connectivity index (χ1n) is 11.8. The molecule has 0 saturated carbocycles. The minimum absolute atomic E-state index is 0.00909. The van der Waals surface area contributed by atoms with Gasteiger partial charge in [0.2, 0.25) is 0 Å². The predicted molar refractivity (Wildman–Crippen MR) is 133 cm³/mol. The summed E-state index contributed by atoms with van der Waals surface area (Å²) in [5.74, 6) is -1.01. The number of nitrogens with zero attached hydrogens (tertiary/aromatic N) is 1. The van der Waals surface area contributed by atoms with Crippen LogP contribution in [0.1, 0.15) is 56.8 Å². The molecule has 0 bridgehead atoms. The second-order valence-electron chi connectivity index (χ2n) is 10.5. The maximum Gasteiger partial charge on any atom is 0.338 e. The predicted octanol–water partition coefficient (Wildman–Crippen LogP) is 4.93. The average Bonchev–Trinajstić information content (AvgIpc) is 3.05. The number of carbonyl (C=O) groups is 3. The van der Waals surface area contributed by atoms with E-state index in [0.717, 1.165) is 24.1 Å². The van der Waals surface area contributed by atoms with Crippen LogP contribution in [0.15, 0.2) is 59.7 Å². The third-order valence-corrected chi connectivity index (χ3v) is 6.44. The minimum Gasteiger partial charge on any atom is -0.457 e. The number of ketones is 1. The number of quaternary nitrogens is 1. The fourth-order valence-corrected chi connectivity index (χ4v) is 4.41. The number of carbonyl (C=O) groups excluding carboxylic acids is 3. The fourth-order valence-electron chi connectivity index (χ4n) is 4.41. The van der Waals surface area contributed by atoms with Crippen molar-refractivity contribution < 1.29 is 23.9 Å². The van der Waals surface area contributed by atoms with Gasteiger partial charge in [-0.25, -0.2) is 4.79 Å². The van der Waals surface area contributed by atoms with Gasteiger partial charge in [0.05, 0.1) is 38.5 Å². The number of rotatable bonds is 7. The highest BCUT2D eigenvalue weighted by atomic mass is 16.6. The van der Waals surface area contributed by atoms with Crippen LogP contribution in [0.5, 0.6) is 0 Å². The molecule has 1 fully saturated rings. The van der Waals surface area contributed by atoms with Gasteiger partial charge in [0.1, 0.15) is 17.9 Å². The van der Waals surface area contributed by atoms with Gasteiger partial charge in [-0.3, -0.25) is 14.1 Å². The van der Waals surface area contributed by atoms with E-state index in [0.29, 0.717) is 10.0 Å². The van der Waals surface area contributed by atoms with Gasteiger partial charge in [0.25, 0.3) is 0 Å². The Balaban J connectivity index is 1.75. The maximum atomic E-state index is 13.0. The highest BCUT2D eigenvalue weighted by Gasteiger charge is 2.55. The maximum absolute atomic E-state index is 13.0. The van der Waals surface area contributed by atoms with Crippen molar-refractivity contribution in [2.45, 2.75) is 58.7 Å². The van der Waals surface area contributed by atoms with Crippen molar-refractivity contribution >= 4 is 23.4 Å². The van der Waals surface area contributed by atoms with Crippen molar-refractivity contribution in [3.63, 3.8) is 0 Å². The highest BCUT2D eigenvalue weighted by Crippen LogP contribution is 2.45. The van der Waals surface area contributed by atoms with Gasteiger partial charge in [-0.2, -0.15) is 0 Å². The molecule has 1 aliphatic heterocycles. The van der Waals surface area contributed by atoms with Crippen LogP contribution in [0, 0.1) is 5.41 Å². The lowest BCUT2D eigenvalue weighted by atomic mass is 9.69. The smallest absolute Gasteiger partial charge is 0.338 e. The number of benzene rings is 1. The molecule has 1 unspecified atom stereocenters. The van der Waals surface area contributed by atoms with Crippen molar-refractivity contribution in [3.8, 4) is 0 Å². The standard InChI is InChI=1S/C28H36NO5/c1-19(2)8-7-9-20(3)16-25-28(18-26(31)34-25)17-23(14-15-24(28)30)33-27(32)21-10-12-22(13-11-21)29(4,5)6/h8,10-16,23,25H,7,9,17-18H2,1-6H3/q+1/b20-16+/t23-,25-,28?/m1/s1. The van der Waals surface area contributed by atoms with Crippen molar-refractivity contribution in [2.75, 3.05) is 21.1 Å². The Hall–Kier alpha value is -2.99. The summed E-state index contributed by atoms with van der Waals surface area (Å²) in [6.07, 6.45) is 7.74. The monoisotopic (exact) mass is 466 g/mol. The van der Waals surface area contributed by atoms with Crippen LogP contribution < -0.4 is 4.48 Å². The van der Waals surface area contributed by atoms with Crippen molar-refractivity contribution in [1.82, 2.24) is 4.48 Å². The molecular weight excluding hydrogens is 430 g/mol. The number of cyclic esters (lactones) is 1. The molecule has 2 aliphatic rings. The third kappa shape index (κ3) is 5.92. The lowest BCUT2D eigenvalue weighted by Crippen LogP contribution is -2.43. The van der Waals surface area contributed by atoms with E-state index in [-0.39, 0.29) is 18.6 Å². The number of ether oxygens (including phenoxy) is 2. The summed E-state index contributed by atoms with van der Waals surface area (Å²) >= 11 is 0. The first kappa shape index (κ1) is 25.6. The molecule has 0 N–H and O–H groups in total. The zero-order chi connectivity index (χ0) is 25.1. The third-order valence-electron chi connectivity index (χ3n) is 6.44. The van der Waals surface area contributed by atoms with Gasteiger partial charge in [-0.1, -0.05) is 17.2 Å².